The third-order valence-electron chi connectivity index (χ3n) is 3.38. The average Bonchev–Trinajstić information content (AvgIpc) is 2.84. The van der Waals surface area contributed by atoms with E-state index < -0.39 is 5.97 Å². The predicted molar refractivity (Wildman–Crippen MR) is 63.2 cm³/mol. The number of rotatable bonds is 4. The predicted octanol–water partition coefficient (Wildman–Crippen LogP) is 2.78. The Morgan fingerprint density at radius 3 is 2.75 bits per heavy atom. The third-order valence-corrected chi connectivity index (χ3v) is 3.79. The molecular weight excluding hydrogens is 272 g/mol. The summed E-state index contributed by atoms with van der Waals surface area (Å²) in [7, 11) is 0. The Labute approximate surface area is 103 Å². The number of carboxylic acids is 1. The zero-order valence-corrected chi connectivity index (χ0v) is 10.6. The molecule has 2 rings (SSSR count). The first-order valence-corrected chi connectivity index (χ1v) is 6.34. The van der Waals surface area contributed by atoms with Crippen molar-refractivity contribution in [1.82, 2.24) is 9.78 Å². The van der Waals surface area contributed by atoms with Crippen molar-refractivity contribution in [3.05, 3.63) is 16.9 Å². The quantitative estimate of drug-likeness (QED) is 0.926. The van der Waals surface area contributed by atoms with Gasteiger partial charge in [0, 0.05) is 12.6 Å². The first-order chi connectivity index (χ1) is 7.62. The van der Waals surface area contributed by atoms with Crippen LogP contribution in [0.25, 0.3) is 0 Å². The fraction of sp³-hybridized carbons (Fsp3) is 0.636. The van der Waals surface area contributed by atoms with Crippen LogP contribution in [0.15, 0.2) is 16.9 Å². The highest BCUT2D eigenvalue weighted by molar-refractivity contribution is 9.10. The Morgan fingerprint density at radius 2 is 2.25 bits per heavy atom. The molecule has 1 aromatic heterocycles. The van der Waals surface area contributed by atoms with E-state index in [2.05, 4.69) is 21.0 Å². The van der Waals surface area contributed by atoms with Gasteiger partial charge in [0.1, 0.15) is 0 Å². The van der Waals surface area contributed by atoms with Gasteiger partial charge < -0.3 is 5.11 Å². The van der Waals surface area contributed by atoms with E-state index in [4.69, 9.17) is 5.11 Å². The van der Waals surface area contributed by atoms with Gasteiger partial charge in [-0.25, -0.2) is 0 Å². The Morgan fingerprint density at radius 1 is 1.56 bits per heavy atom. The van der Waals surface area contributed by atoms with E-state index in [9.17, 15) is 4.79 Å². The lowest BCUT2D eigenvalue weighted by atomic mass is 9.92. The Kier molecular flexibility index (Phi) is 3.33. The second-order valence-electron chi connectivity index (χ2n) is 4.43. The SMILES string of the molecule is O=C(O)CCC1(n2cc(Br)cn2)CCCC1. The molecular formula is C11H15BrN2O2. The Bertz CT molecular complexity index is 383. The molecule has 0 atom stereocenters. The summed E-state index contributed by atoms with van der Waals surface area (Å²) in [5.74, 6) is -0.725. The number of carbonyl (C=O) groups is 1. The first-order valence-electron chi connectivity index (χ1n) is 5.55. The van der Waals surface area contributed by atoms with E-state index in [0.717, 1.165) is 30.2 Å². The van der Waals surface area contributed by atoms with Gasteiger partial charge in [0.15, 0.2) is 0 Å². The number of nitrogens with zero attached hydrogens (tertiary/aromatic N) is 2. The molecule has 1 fully saturated rings. The average molecular weight is 287 g/mol. The third kappa shape index (κ3) is 2.29. The molecule has 1 N–H and O–H groups in total. The monoisotopic (exact) mass is 286 g/mol. The van der Waals surface area contributed by atoms with Crippen molar-refractivity contribution in [2.75, 3.05) is 0 Å². The zero-order valence-electron chi connectivity index (χ0n) is 9.03. The molecule has 0 aromatic carbocycles. The maximum absolute atomic E-state index is 10.7. The molecule has 1 aromatic rings. The van der Waals surface area contributed by atoms with E-state index in [-0.39, 0.29) is 12.0 Å². The molecule has 1 heterocycles. The van der Waals surface area contributed by atoms with Crippen LogP contribution in [0.1, 0.15) is 38.5 Å². The van der Waals surface area contributed by atoms with E-state index >= 15 is 0 Å². The summed E-state index contributed by atoms with van der Waals surface area (Å²) in [5.41, 5.74) is -0.0651. The van der Waals surface area contributed by atoms with Crippen molar-refractivity contribution in [2.24, 2.45) is 0 Å². The van der Waals surface area contributed by atoms with Crippen molar-refractivity contribution in [2.45, 2.75) is 44.1 Å². The highest BCUT2D eigenvalue weighted by Crippen LogP contribution is 2.40. The standard InChI is InChI=1S/C11H15BrN2O2/c12-9-7-13-14(8-9)11(4-1-2-5-11)6-3-10(15)16/h7-8H,1-6H2,(H,15,16). The minimum atomic E-state index is -0.725. The van der Waals surface area contributed by atoms with Crippen LogP contribution < -0.4 is 0 Å². The number of hydrogen-bond acceptors (Lipinski definition) is 2. The Hall–Kier alpha value is -0.840. The van der Waals surface area contributed by atoms with Crippen LogP contribution in [0.2, 0.25) is 0 Å². The molecule has 0 aliphatic heterocycles. The molecule has 0 amide bonds. The van der Waals surface area contributed by atoms with Crippen molar-refractivity contribution in [3.63, 3.8) is 0 Å². The molecule has 16 heavy (non-hydrogen) atoms. The van der Waals surface area contributed by atoms with Gasteiger partial charge in [-0.1, -0.05) is 12.8 Å². The van der Waals surface area contributed by atoms with Gasteiger partial charge in [0.05, 0.1) is 16.2 Å². The summed E-state index contributed by atoms with van der Waals surface area (Å²) in [6, 6.07) is 0. The molecule has 5 heteroatoms. The van der Waals surface area contributed by atoms with Crippen LogP contribution in [0.3, 0.4) is 0 Å². The van der Waals surface area contributed by atoms with Crippen LogP contribution in [0.5, 0.6) is 0 Å². The van der Waals surface area contributed by atoms with Gasteiger partial charge in [-0.05, 0) is 35.2 Å². The van der Waals surface area contributed by atoms with Gasteiger partial charge in [0.2, 0.25) is 0 Å². The van der Waals surface area contributed by atoms with Gasteiger partial charge in [-0.15, -0.1) is 0 Å². The van der Waals surface area contributed by atoms with E-state index in [1.165, 1.54) is 0 Å². The van der Waals surface area contributed by atoms with Gasteiger partial charge in [0.25, 0.3) is 0 Å². The molecule has 0 bridgehead atoms. The lowest BCUT2D eigenvalue weighted by Crippen LogP contribution is -2.31. The minimum Gasteiger partial charge on any atom is -0.481 e. The number of carboxylic acid groups (broad SMARTS) is 1. The zero-order chi connectivity index (χ0) is 11.6. The number of halogens is 1. The second kappa shape index (κ2) is 4.57. The van der Waals surface area contributed by atoms with Crippen molar-refractivity contribution < 1.29 is 9.90 Å². The summed E-state index contributed by atoms with van der Waals surface area (Å²) in [6.07, 6.45) is 9.01. The first kappa shape index (κ1) is 11.6. The van der Waals surface area contributed by atoms with E-state index in [0.29, 0.717) is 6.42 Å². The van der Waals surface area contributed by atoms with Gasteiger partial charge in [-0.3, -0.25) is 9.48 Å². The molecule has 1 aliphatic carbocycles. The van der Waals surface area contributed by atoms with Crippen LogP contribution in [0.4, 0.5) is 0 Å². The smallest absolute Gasteiger partial charge is 0.303 e. The summed E-state index contributed by atoms with van der Waals surface area (Å²) < 4.78 is 2.90. The fourth-order valence-electron chi connectivity index (χ4n) is 2.53. The normalized spacial score (nSPS) is 18.8. The van der Waals surface area contributed by atoms with Gasteiger partial charge >= 0.3 is 5.97 Å². The molecule has 0 saturated heterocycles. The molecule has 0 spiro atoms. The van der Waals surface area contributed by atoms with Crippen LogP contribution in [0, 0.1) is 0 Å². The maximum atomic E-state index is 10.7. The lowest BCUT2D eigenvalue weighted by molar-refractivity contribution is -0.137. The van der Waals surface area contributed by atoms with Crippen molar-refractivity contribution in [1.29, 1.82) is 0 Å². The summed E-state index contributed by atoms with van der Waals surface area (Å²) in [6.45, 7) is 0. The summed E-state index contributed by atoms with van der Waals surface area (Å²) >= 11 is 3.38. The van der Waals surface area contributed by atoms with E-state index in [1.54, 1.807) is 6.20 Å². The Balaban J connectivity index is 2.18. The summed E-state index contributed by atoms with van der Waals surface area (Å²) in [5, 5.41) is 13.1. The molecule has 1 saturated carbocycles. The fourth-order valence-corrected chi connectivity index (χ4v) is 2.81. The highest BCUT2D eigenvalue weighted by Gasteiger charge is 2.36. The molecule has 0 unspecified atom stereocenters. The lowest BCUT2D eigenvalue weighted by Gasteiger charge is -2.29. The molecule has 0 radical (unpaired) electrons. The number of aromatic nitrogens is 2. The highest BCUT2D eigenvalue weighted by atomic mass is 79.9. The molecule has 88 valence electrons. The van der Waals surface area contributed by atoms with Crippen LogP contribution in [-0.4, -0.2) is 20.9 Å². The van der Waals surface area contributed by atoms with E-state index in [1.807, 2.05) is 10.9 Å². The van der Waals surface area contributed by atoms with Crippen LogP contribution in [-0.2, 0) is 10.3 Å². The van der Waals surface area contributed by atoms with Gasteiger partial charge in [-0.2, -0.15) is 5.10 Å². The topological polar surface area (TPSA) is 55.1 Å². The maximum Gasteiger partial charge on any atom is 0.303 e. The van der Waals surface area contributed by atoms with Crippen molar-refractivity contribution >= 4 is 21.9 Å². The van der Waals surface area contributed by atoms with Crippen molar-refractivity contribution in [3.8, 4) is 0 Å². The van der Waals surface area contributed by atoms with Crippen LogP contribution >= 0.6 is 15.9 Å². The number of aliphatic carboxylic acids is 1. The molecule has 4 nitrogen and oxygen atoms in total. The largest absolute Gasteiger partial charge is 0.481 e. The second-order valence-corrected chi connectivity index (χ2v) is 5.34. The molecule has 1 aliphatic rings. The number of hydrogen-bond donors (Lipinski definition) is 1. The minimum absolute atomic E-state index is 0.0651. The summed E-state index contributed by atoms with van der Waals surface area (Å²) in [4.78, 5) is 10.7.